The molecule has 7 rings (SSSR count). The van der Waals surface area contributed by atoms with Gasteiger partial charge in [0, 0.05) is 111 Å². The van der Waals surface area contributed by atoms with Gasteiger partial charge in [-0.2, -0.15) is 0 Å². The molecule has 5 heterocycles. The summed E-state index contributed by atoms with van der Waals surface area (Å²) in [7, 11) is -5.62. The van der Waals surface area contributed by atoms with E-state index in [-0.39, 0.29) is 54.9 Å². The average molecular weight is 1590 g/mol. The molecule has 2 aromatic carbocycles. The molecule has 0 radical (unpaired) electrons. The maximum Gasteiger partial charge on any atom is 0.501 e. The number of benzene rings is 2. The van der Waals surface area contributed by atoms with Gasteiger partial charge >= 0.3 is 34.3 Å². The van der Waals surface area contributed by atoms with Gasteiger partial charge in [-0.3, -0.25) is 67.1 Å². The van der Waals surface area contributed by atoms with E-state index in [1.165, 1.54) is 6.92 Å². The van der Waals surface area contributed by atoms with Crippen molar-refractivity contribution in [3.8, 4) is 17.2 Å². The van der Waals surface area contributed by atoms with Crippen molar-refractivity contribution < 1.29 is 137 Å². The summed E-state index contributed by atoms with van der Waals surface area (Å²) >= 11 is -2.75. The van der Waals surface area contributed by atoms with Crippen LogP contribution in [0.3, 0.4) is 0 Å². The highest BCUT2D eigenvalue weighted by Crippen LogP contribution is 2.38. The van der Waals surface area contributed by atoms with Crippen molar-refractivity contribution in [2.75, 3.05) is 71.4 Å². The minimum Gasteiger partial charge on any atom is -0.610 e. The Bertz CT molecular complexity index is 4120. The third-order valence-corrected chi connectivity index (χ3v) is 19.8. The van der Waals surface area contributed by atoms with Gasteiger partial charge in [-0.1, -0.05) is 32.3 Å². The van der Waals surface area contributed by atoms with E-state index in [1.807, 2.05) is 0 Å². The molecule has 1 aromatic heterocycles. The van der Waals surface area contributed by atoms with E-state index in [9.17, 15) is 90.9 Å². The lowest BCUT2D eigenvalue weighted by atomic mass is 9.90. The zero-order valence-electron chi connectivity index (χ0n) is 60.4. The first-order chi connectivity index (χ1) is 52.0. The number of esters is 4. The van der Waals surface area contributed by atoms with E-state index < -0.39 is 276 Å². The number of nitrogens with two attached hydrogens (primary N) is 1. The number of aliphatic hydroxyl groups excluding tert-OH is 3. The third kappa shape index (κ3) is 23.9. The van der Waals surface area contributed by atoms with Crippen LogP contribution in [0.5, 0.6) is 17.2 Å². The van der Waals surface area contributed by atoms with E-state index >= 15 is 4.55 Å². The number of carbonyl (C=O) groups is 14. The van der Waals surface area contributed by atoms with E-state index in [4.69, 9.17) is 52.8 Å². The molecule has 110 heavy (non-hydrogen) atoms. The Morgan fingerprint density at radius 1 is 0.809 bits per heavy atom. The number of aromatic nitrogens is 1. The summed E-state index contributed by atoms with van der Waals surface area (Å²) in [6, 6.07) is -3.77. The summed E-state index contributed by atoms with van der Waals surface area (Å²) < 4.78 is 94.7. The SMILES string of the molecule is CC[C@H](C)[C@@H]1CNC(=O)CNC(=O)[C@@H]2Cc3c([nH]c4cc(OS(=O)(=O)Oc5cc(C(=O)NCCOCCN=[N+]=[N-])ccc5O[C@@H]5O[C@H](COC(C)=O)[C@H](OC(C)=O)[C@H](OC(C)=O)[C@H]5OC(C)=O)ccc34)[S+]([O-])C[C@H](NC(=O)CNC1=O)C(=O)N[C@@H](CC(N)=O)C(=O)N1C[C@H](O)C[C@H]1C(=O)N[C@@H]([C@@H](C)[C@@H](O)CO)C(=O)N2. The summed E-state index contributed by atoms with van der Waals surface area (Å²) in [6.07, 6.45) is -14.3. The van der Waals surface area contributed by atoms with Gasteiger partial charge in [-0.05, 0) is 41.8 Å². The van der Waals surface area contributed by atoms with Crippen LogP contribution in [0.25, 0.3) is 21.3 Å². The van der Waals surface area contributed by atoms with Gasteiger partial charge in [-0.25, -0.2) is 0 Å². The molecule has 602 valence electrons. The van der Waals surface area contributed by atoms with Gasteiger partial charge in [0.1, 0.15) is 48.4 Å². The first-order valence-electron chi connectivity index (χ1n) is 34.2. The molecule has 4 aliphatic rings. The number of rotatable bonds is 25. The second-order valence-corrected chi connectivity index (χ2v) is 28.3. The Morgan fingerprint density at radius 3 is 2.15 bits per heavy atom. The number of amides is 10. The minimum atomic E-state index is -5.62. The quantitative estimate of drug-likeness (QED) is 0.00717. The molecule has 4 aliphatic heterocycles. The van der Waals surface area contributed by atoms with Gasteiger partial charge in [0.05, 0.1) is 63.0 Å². The van der Waals surface area contributed by atoms with Crippen LogP contribution in [-0.2, 0) is 119 Å². The normalized spacial score (nSPS) is 25.5. The summed E-state index contributed by atoms with van der Waals surface area (Å²) in [5.41, 5.74) is 13.4. The highest BCUT2D eigenvalue weighted by Gasteiger charge is 2.54. The molecule has 1 unspecified atom stereocenters. The maximum absolute atomic E-state index is 15.5. The number of ether oxygens (including phenoxy) is 7. The lowest BCUT2D eigenvalue weighted by molar-refractivity contribution is -0.288. The smallest absolute Gasteiger partial charge is 0.501 e. The van der Waals surface area contributed by atoms with E-state index in [1.54, 1.807) is 13.8 Å². The van der Waals surface area contributed by atoms with Crippen LogP contribution in [-0.4, -0.2) is 266 Å². The van der Waals surface area contributed by atoms with Gasteiger partial charge < -0.3 is 120 Å². The maximum atomic E-state index is 15.5. The first-order valence-corrected chi connectivity index (χ1v) is 36.9. The molecule has 0 aliphatic carbocycles. The number of nitrogens with one attached hydrogen (secondary N) is 9. The van der Waals surface area contributed by atoms with Crippen molar-refractivity contribution in [2.45, 2.75) is 152 Å². The zero-order chi connectivity index (χ0) is 81.0. The number of aromatic amines is 1. The van der Waals surface area contributed by atoms with Crippen LogP contribution in [0.1, 0.15) is 83.7 Å². The van der Waals surface area contributed by atoms with E-state index in [0.717, 1.165) is 69.0 Å². The van der Waals surface area contributed by atoms with Gasteiger partial charge in [0.25, 0.3) is 5.91 Å². The topological polar surface area (TPSA) is 630 Å². The summed E-state index contributed by atoms with van der Waals surface area (Å²) in [4.78, 5) is 198. The molecular weight excluding hydrogens is 1500 g/mol. The molecule has 2 fully saturated rings. The summed E-state index contributed by atoms with van der Waals surface area (Å²) in [5, 5.41) is 54.4. The number of carbonyl (C=O) groups excluding carboxylic acids is 14. The number of fused-ring (bicyclic) bond motifs is 5. The number of H-pyrrole nitrogens is 1. The average Bonchev–Trinajstić information content (AvgIpc) is 1.28. The Hall–Kier alpha value is -10.7. The minimum absolute atomic E-state index is 0.0326. The fourth-order valence-corrected chi connectivity index (χ4v) is 14.1. The Labute approximate surface area is 629 Å². The molecule has 3 aromatic rings. The molecule has 2 saturated heterocycles. The predicted molar refractivity (Wildman–Crippen MR) is 372 cm³/mol. The van der Waals surface area contributed by atoms with Crippen molar-refractivity contribution >= 4 is 115 Å². The van der Waals surface area contributed by atoms with Crippen LogP contribution in [0.4, 0.5) is 0 Å². The van der Waals surface area contributed by atoms with Gasteiger partial charge in [0.15, 0.2) is 29.7 Å². The van der Waals surface area contributed by atoms with Gasteiger partial charge in [-0.15, -0.1) is 8.42 Å². The van der Waals surface area contributed by atoms with E-state index in [0.29, 0.717) is 6.42 Å². The van der Waals surface area contributed by atoms with Crippen LogP contribution >= 0.6 is 0 Å². The third-order valence-electron chi connectivity index (χ3n) is 17.6. The Kier molecular flexibility index (Phi) is 31.2. The van der Waals surface area contributed by atoms with Crippen LogP contribution in [0.2, 0.25) is 0 Å². The second-order valence-electron chi connectivity index (χ2n) is 25.7. The summed E-state index contributed by atoms with van der Waals surface area (Å²) in [5.74, 6) is -21.3. The standard InChI is InChI=1S/C65H86N14O29S2/c1-8-29(2)40-22-69-51(88)23-71-59(92)42-20-39-38-11-10-37(107-110(98,99)108-48-17-35(57(90)68-13-15-100-16-14-72-78-67)9-12-47(48)105-65-56(104-34(7)84)55(103-33(6)83)54(102-32(5)82)49(106-65)27-101-31(4)81)19-41(38)76-63(39)109(97)28-44(73-52(89)24-70-58(40)91)60(93)75-43(21-50(66)87)64(96)79-25-36(85)18-45(79)61(94)77-53(62(95)74-42)30(3)46(86)26-80/h9-12,17,19,29-30,36,40,42-46,49,53-56,65,76,80,85-86H,8,13-16,18,20-28H2,1-7H3,(H2,66,87)(H,68,90)(H,69,88)(H,70,91)(H,71,92)(H,73,89)(H,74,95)(H,75,93)(H,77,94)/t29-,30-,36+,40-,42-,43-,44-,45-,46-,49+,53-,54-,55-,56+,65+,109?/m0/s1. The highest BCUT2D eigenvalue weighted by molar-refractivity contribution is 7.91. The highest BCUT2D eigenvalue weighted by atomic mass is 32.3. The Balaban J connectivity index is 1.38. The number of primary amides is 1. The molecule has 0 saturated carbocycles. The molecule has 16 atom stereocenters. The molecular formula is C65H86N14O29S2. The van der Waals surface area contributed by atoms with Gasteiger partial charge in [0.2, 0.25) is 70.6 Å². The molecule has 10 amide bonds. The van der Waals surface area contributed by atoms with Crippen molar-refractivity contribution in [3.63, 3.8) is 0 Å². The summed E-state index contributed by atoms with van der Waals surface area (Å²) in [6.45, 7) is 3.62. The van der Waals surface area contributed by atoms with Crippen LogP contribution in [0, 0.1) is 17.8 Å². The molecule has 2 bridgehead atoms. The van der Waals surface area contributed by atoms with Crippen molar-refractivity contribution in [1.29, 1.82) is 0 Å². The molecule has 45 heteroatoms. The van der Waals surface area contributed by atoms with E-state index in [2.05, 4.69) is 57.5 Å². The van der Waals surface area contributed by atoms with Crippen LogP contribution < -0.4 is 61.4 Å². The zero-order valence-corrected chi connectivity index (χ0v) is 62.0. The van der Waals surface area contributed by atoms with Crippen LogP contribution in [0.15, 0.2) is 46.5 Å². The number of nitrogens with zero attached hydrogens (tertiary/aromatic N) is 4. The largest absolute Gasteiger partial charge is 0.610 e. The lowest BCUT2D eigenvalue weighted by Gasteiger charge is -2.43. The molecule has 0 spiro atoms. The predicted octanol–water partition coefficient (Wildman–Crippen LogP) is -5.16. The van der Waals surface area contributed by atoms with Crippen molar-refractivity contribution in [2.24, 2.45) is 28.6 Å². The molecule has 14 N–H and O–H groups in total. The lowest BCUT2D eigenvalue weighted by Crippen LogP contribution is -2.63. The Morgan fingerprint density at radius 2 is 1.49 bits per heavy atom. The second kappa shape index (κ2) is 39.6. The number of hydrogen-bond acceptors (Lipinski definition) is 30. The van der Waals surface area contributed by atoms with Crippen molar-refractivity contribution in [3.05, 3.63) is 58.0 Å². The number of hydrogen-bond donors (Lipinski definition) is 13. The van der Waals surface area contributed by atoms with Crippen molar-refractivity contribution in [1.82, 2.24) is 52.4 Å². The number of azide groups is 1. The fourth-order valence-electron chi connectivity index (χ4n) is 12.0. The fraction of sp³-hybridized carbons (Fsp3) is 0.569. The molecule has 43 nitrogen and oxygen atoms in total. The monoisotopic (exact) mass is 1590 g/mol. The first kappa shape index (κ1) is 86.6. The number of aliphatic hydroxyl groups is 3.